The first-order valence-corrected chi connectivity index (χ1v) is 11.3. The van der Waals surface area contributed by atoms with Crippen LogP contribution in [0.15, 0.2) is 64.1 Å². The second-order valence-electron chi connectivity index (χ2n) is 6.71. The molecule has 33 heavy (non-hydrogen) atoms. The second-order valence-corrected chi connectivity index (χ2v) is 8.78. The number of carbonyl (C=O) groups is 4. The minimum Gasteiger partial charge on any atom is -0.459 e. The van der Waals surface area contributed by atoms with Crippen LogP contribution in [0.5, 0.6) is 0 Å². The number of benzene rings is 1. The number of thioether (sulfide) groups is 1. The summed E-state index contributed by atoms with van der Waals surface area (Å²) >= 11 is 1.79. The van der Waals surface area contributed by atoms with E-state index in [9.17, 15) is 23.6 Å². The Morgan fingerprint density at radius 1 is 1.06 bits per heavy atom. The number of nitrogens with one attached hydrogen (secondary N) is 2. The van der Waals surface area contributed by atoms with E-state index in [2.05, 4.69) is 10.6 Å². The molecule has 0 aliphatic carbocycles. The van der Waals surface area contributed by atoms with E-state index in [4.69, 9.17) is 4.42 Å². The molecule has 168 valence electrons. The zero-order valence-corrected chi connectivity index (χ0v) is 18.5. The van der Waals surface area contributed by atoms with E-state index in [1.54, 1.807) is 24.3 Å². The first-order chi connectivity index (χ1) is 15.9. The van der Waals surface area contributed by atoms with E-state index >= 15 is 0 Å². The number of nitrogens with zero attached hydrogens (tertiary/aromatic N) is 1. The fourth-order valence-electron chi connectivity index (χ4n) is 2.90. The average Bonchev–Trinajstić information content (AvgIpc) is 3.53. The molecule has 0 bridgehead atoms. The molecule has 0 unspecified atom stereocenters. The van der Waals surface area contributed by atoms with Crippen LogP contribution in [0.1, 0.15) is 25.8 Å². The normalized spacial score (nSPS) is 14.7. The topological polar surface area (TPSA) is 109 Å². The minimum atomic E-state index is -0.540. The highest BCUT2D eigenvalue weighted by Crippen LogP contribution is 2.32. The summed E-state index contributed by atoms with van der Waals surface area (Å²) in [6.45, 7) is 0.00825. The quantitative estimate of drug-likeness (QED) is 0.486. The number of hydrogen-bond donors (Lipinski definition) is 2. The van der Waals surface area contributed by atoms with Crippen LogP contribution in [0.25, 0.3) is 6.08 Å². The van der Waals surface area contributed by atoms with Crippen molar-refractivity contribution in [3.8, 4) is 0 Å². The van der Waals surface area contributed by atoms with Crippen molar-refractivity contribution >= 4 is 57.1 Å². The van der Waals surface area contributed by atoms with Crippen molar-refractivity contribution in [1.82, 2.24) is 10.2 Å². The lowest BCUT2D eigenvalue weighted by Gasteiger charge is -2.12. The number of carbonyl (C=O) groups excluding carboxylic acids is 4. The van der Waals surface area contributed by atoms with Gasteiger partial charge < -0.3 is 15.1 Å². The summed E-state index contributed by atoms with van der Waals surface area (Å²) in [6, 6.07) is 12.2. The number of rotatable bonds is 7. The van der Waals surface area contributed by atoms with Gasteiger partial charge in [-0.3, -0.25) is 24.1 Å². The molecule has 3 heterocycles. The maximum atomic E-state index is 13.8. The largest absolute Gasteiger partial charge is 0.459 e. The lowest BCUT2D eigenvalue weighted by Crippen LogP contribution is -2.37. The van der Waals surface area contributed by atoms with E-state index in [-0.39, 0.29) is 29.3 Å². The van der Waals surface area contributed by atoms with Crippen LogP contribution in [0.4, 0.5) is 14.2 Å². The number of furan rings is 1. The molecule has 8 nitrogen and oxygen atoms in total. The molecule has 2 N–H and O–H groups in total. The standard InChI is InChI=1S/C22H16FN3O5S2/c23-14-5-2-1-4-13(14)12-17-21(29)26(22(30)33-17)10-9-24-20(28)16-7-8-18(32-16)25-19(27)15-6-3-11-31-15/h1-8,11-12H,9-10H2,(H,24,28)(H,25,27)/b17-12-. The molecule has 3 aromatic rings. The van der Waals surface area contributed by atoms with Crippen LogP contribution >= 0.6 is 23.1 Å². The summed E-state index contributed by atoms with van der Waals surface area (Å²) in [6.07, 6.45) is 2.72. The molecule has 1 fully saturated rings. The Morgan fingerprint density at radius 3 is 2.64 bits per heavy atom. The molecule has 1 aromatic carbocycles. The van der Waals surface area contributed by atoms with Gasteiger partial charge in [-0.05, 0) is 48.2 Å². The van der Waals surface area contributed by atoms with E-state index in [0.717, 1.165) is 28.0 Å². The highest BCUT2D eigenvalue weighted by atomic mass is 32.2. The van der Waals surface area contributed by atoms with Gasteiger partial charge in [0.05, 0.1) is 21.0 Å². The van der Waals surface area contributed by atoms with Crippen molar-refractivity contribution in [3.05, 3.63) is 81.7 Å². The molecule has 1 aliphatic rings. The van der Waals surface area contributed by atoms with Gasteiger partial charge in [0.15, 0.2) is 5.76 Å². The summed E-state index contributed by atoms with van der Waals surface area (Å²) in [5.41, 5.74) is 0.212. The van der Waals surface area contributed by atoms with Crippen molar-refractivity contribution in [3.63, 3.8) is 0 Å². The van der Waals surface area contributed by atoms with Crippen LogP contribution in [-0.2, 0) is 4.79 Å². The Hall–Kier alpha value is -3.70. The van der Waals surface area contributed by atoms with E-state index < -0.39 is 28.8 Å². The summed E-state index contributed by atoms with van der Waals surface area (Å²) in [4.78, 5) is 50.5. The van der Waals surface area contributed by atoms with Gasteiger partial charge in [0.2, 0.25) is 0 Å². The maximum absolute atomic E-state index is 13.8. The highest BCUT2D eigenvalue weighted by molar-refractivity contribution is 8.18. The number of thiophene rings is 1. The van der Waals surface area contributed by atoms with Gasteiger partial charge in [0, 0.05) is 18.7 Å². The fourth-order valence-corrected chi connectivity index (χ4v) is 4.58. The predicted molar refractivity (Wildman–Crippen MR) is 122 cm³/mol. The molecule has 0 spiro atoms. The minimum absolute atomic E-state index is 0.0293. The second kappa shape index (κ2) is 9.84. The SMILES string of the molecule is O=C(Nc1ccc(C(=O)NCCN2C(=O)S/C(=C\c3ccccc3F)C2=O)s1)c1ccco1. The molecule has 0 radical (unpaired) electrons. The zero-order chi connectivity index (χ0) is 23.4. The Kier molecular flexibility index (Phi) is 6.71. The van der Waals surface area contributed by atoms with E-state index in [1.165, 1.54) is 36.6 Å². The summed E-state index contributed by atoms with van der Waals surface area (Å²) < 4.78 is 18.8. The molecule has 0 atom stereocenters. The molecule has 1 saturated heterocycles. The molecule has 0 saturated carbocycles. The number of amides is 4. The number of halogens is 1. The maximum Gasteiger partial charge on any atom is 0.293 e. The van der Waals surface area contributed by atoms with Crippen LogP contribution in [-0.4, -0.2) is 41.0 Å². The molecule has 1 aliphatic heterocycles. The van der Waals surface area contributed by atoms with Gasteiger partial charge in [-0.25, -0.2) is 4.39 Å². The zero-order valence-electron chi connectivity index (χ0n) is 16.9. The van der Waals surface area contributed by atoms with Crippen LogP contribution in [0.3, 0.4) is 0 Å². The third-order valence-electron chi connectivity index (χ3n) is 4.50. The van der Waals surface area contributed by atoms with Crippen LogP contribution in [0, 0.1) is 5.82 Å². The molecule has 11 heteroatoms. The molecular formula is C22H16FN3O5S2. The summed E-state index contributed by atoms with van der Waals surface area (Å²) in [5, 5.41) is 5.25. The third-order valence-corrected chi connectivity index (χ3v) is 6.40. The van der Waals surface area contributed by atoms with Crippen molar-refractivity contribution < 1.29 is 28.0 Å². The predicted octanol–water partition coefficient (Wildman–Crippen LogP) is 4.20. The molecule has 4 amide bonds. The lowest BCUT2D eigenvalue weighted by atomic mass is 10.2. The molecular weight excluding hydrogens is 469 g/mol. The number of hydrogen-bond acceptors (Lipinski definition) is 7. The summed E-state index contributed by atoms with van der Waals surface area (Å²) in [5.74, 6) is -1.73. The monoisotopic (exact) mass is 485 g/mol. The number of anilines is 1. The van der Waals surface area contributed by atoms with Gasteiger partial charge >= 0.3 is 0 Å². The van der Waals surface area contributed by atoms with Crippen molar-refractivity contribution in [2.24, 2.45) is 0 Å². The van der Waals surface area contributed by atoms with Gasteiger partial charge in [0.1, 0.15) is 5.82 Å². The van der Waals surface area contributed by atoms with Gasteiger partial charge in [-0.15, -0.1) is 11.3 Å². The first-order valence-electron chi connectivity index (χ1n) is 9.65. The van der Waals surface area contributed by atoms with Crippen molar-refractivity contribution in [2.45, 2.75) is 0 Å². The Morgan fingerprint density at radius 2 is 1.88 bits per heavy atom. The first kappa shape index (κ1) is 22.5. The molecule has 2 aromatic heterocycles. The van der Waals surface area contributed by atoms with Gasteiger partial charge in [-0.2, -0.15) is 0 Å². The summed E-state index contributed by atoms with van der Waals surface area (Å²) in [7, 11) is 0. The Labute approximate surface area is 195 Å². The van der Waals surface area contributed by atoms with E-state index in [0.29, 0.717) is 9.88 Å². The van der Waals surface area contributed by atoms with Gasteiger partial charge in [0.25, 0.3) is 23.0 Å². The third kappa shape index (κ3) is 5.21. The van der Waals surface area contributed by atoms with Crippen molar-refractivity contribution in [2.75, 3.05) is 18.4 Å². The average molecular weight is 486 g/mol. The Bertz CT molecular complexity index is 1250. The van der Waals surface area contributed by atoms with Gasteiger partial charge in [-0.1, -0.05) is 18.2 Å². The smallest absolute Gasteiger partial charge is 0.293 e. The fraction of sp³-hybridized carbons (Fsp3) is 0.0909. The Balaban J connectivity index is 1.30. The highest BCUT2D eigenvalue weighted by Gasteiger charge is 2.34. The van der Waals surface area contributed by atoms with Crippen LogP contribution in [0.2, 0.25) is 0 Å². The van der Waals surface area contributed by atoms with Crippen molar-refractivity contribution in [1.29, 1.82) is 0 Å². The van der Waals surface area contributed by atoms with Crippen LogP contribution < -0.4 is 10.6 Å². The lowest BCUT2D eigenvalue weighted by molar-refractivity contribution is -0.122. The van der Waals surface area contributed by atoms with E-state index in [1.807, 2.05) is 0 Å². The molecule has 4 rings (SSSR count). The number of imide groups is 1.